The molecule has 34 heavy (non-hydrogen) atoms. The van der Waals surface area contributed by atoms with E-state index >= 15 is 0 Å². The summed E-state index contributed by atoms with van der Waals surface area (Å²) in [4.78, 5) is 48.1. The molecule has 1 unspecified atom stereocenters. The van der Waals surface area contributed by atoms with Gasteiger partial charge < -0.3 is 14.8 Å². The standard InChI is InChI=1S/C23H41NO9S/c1-9-21(3,4)13-17(19(27)24-23(7,8)15-34(29,30)31)14-22(5,6)20(28)33-11-10-32-18(26)12-16(2)25/h17H,9-15H2,1-8H3,(H,24,27)(H,29,30,31). The second kappa shape index (κ2) is 12.6. The summed E-state index contributed by atoms with van der Waals surface area (Å²) >= 11 is 0. The average Bonchev–Trinajstić information content (AvgIpc) is 2.61. The van der Waals surface area contributed by atoms with Crippen molar-refractivity contribution < 1.29 is 41.6 Å². The maximum absolute atomic E-state index is 13.1. The average molecular weight is 508 g/mol. The van der Waals surface area contributed by atoms with E-state index in [1.54, 1.807) is 13.8 Å². The number of rotatable bonds is 15. The quantitative estimate of drug-likeness (QED) is 0.147. The molecule has 0 saturated carbocycles. The summed E-state index contributed by atoms with van der Waals surface area (Å²) in [7, 11) is -4.31. The monoisotopic (exact) mass is 507 g/mol. The van der Waals surface area contributed by atoms with Crippen molar-refractivity contribution in [3.8, 4) is 0 Å². The lowest BCUT2D eigenvalue weighted by Crippen LogP contribution is -2.51. The molecule has 2 N–H and O–H groups in total. The van der Waals surface area contributed by atoms with Crippen LogP contribution in [0.3, 0.4) is 0 Å². The van der Waals surface area contributed by atoms with Crippen molar-refractivity contribution >= 4 is 33.7 Å². The molecule has 0 aliphatic rings. The number of ether oxygens (including phenoxy) is 2. The van der Waals surface area contributed by atoms with Crippen molar-refractivity contribution in [2.24, 2.45) is 16.7 Å². The number of esters is 2. The Morgan fingerprint density at radius 1 is 0.941 bits per heavy atom. The Bertz CT molecular complexity index is 845. The highest BCUT2D eigenvalue weighted by molar-refractivity contribution is 7.85. The molecule has 0 aliphatic carbocycles. The topological polar surface area (TPSA) is 153 Å². The van der Waals surface area contributed by atoms with Gasteiger partial charge in [0.25, 0.3) is 10.1 Å². The first-order valence-corrected chi connectivity index (χ1v) is 12.9. The Kier molecular flexibility index (Phi) is 11.9. The van der Waals surface area contributed by atoms with Crippen LogP contribution in [0.1, 0.15) is 81.1 Å². The van der Waals surface area contributed by atoms with E-state index in [-0.39, 0.29) is 37.3 Å². The molecule has 0 rings (SSSR count). The molecule has 1 atom stereocenters. The van der Waals surface area contributed by atoms with Crippen LogP contribution < -0.4 is 5.32 Å². The summed E-state index contributed by atoms with van der Waals surface area (Å²) in [6.45, 7) is 13.1. The minimum Gasteiger partial charge on any atom is -0.462 e. The normalized spacial score (nSPS) is 13.7. The fourth-order valence-electron chi connectivity index (χ4n) is 3.44. The molecule has 10 nitrogen and oxygen atoms in total. The molecule has 0 spiro atoms. The van der Waals surface area contributed by atoms with Gasteiger partial charge in [-0.2, -0.15) is 8.42 Å². The largest absolute Gasteiger partial charge is 0.462 e. The predicted octanol–water partition coefficient (Wildman–Crippen LogP) is 2.69. The molecular weight excluding hydrogens is 466 g/mol. The van der Waals surface area contributed by atoms with E-state index in [1.807, 2.05) is 20.8 Å². The van der Waals surface area contributed by atoms with Crippen molar-refractivity contribution in [3.05, 3.63) is 0 Å². The molecule has 0 aromatic carbocycles. The Labute approximate surface area is 203 Å². The minimum atomic E-state index is -4.31. The van der Waals surface area contributed by atoms with Gasteiger partial charge in [-0.15, -0.1) is 0 Å². The van der Waals surface area contributed by atoms with Gasteiger partial charge in [-0.3, -0.25) is 23.7 Å². The van der Waals surface area contributed by atoms with E-state index in [0.717, 1.165) is 6.42 Å². The second-order valence-electron chi connectivity index (χ2n) is 10.8. The lowest BCUT2D eigenvalue weighted by atomic mass is 9.73. The van der Waals surface area contributed by atoms with Gasteiger partial charge in [0.15, 0.2) is 0 Å². The second-order valence-corrected chi connectivity index (χ2v) is 12.3. The van der Waals surface area contributed by atoms with Crippen molar-refractivity contribution in [1.29, 1.82) is 0 Å². The van der Waals surface area contributed by atoms with Crippen LogP contribution in [0.2, 0.25) is 0 Å². The van der Waals surface area contributed by atoms with Crippen LogP contribution in [0.25, 0.3) is 0 Å². The Morgan fingerprint density at radius 3 is 1.94 bits per heavy atom. The smallest absolute Gasteiger partial charge is 0.313 e. The van der Waals surface area contributed by atoms with Crippen molar-refractivity contribution in [3.63, 3.8) is 0 Å². The van der Waals surface area contributed by atoms with E-state index in [9.17, 15) is 32.1 Å². The Hall–Kier alpha value is -2.01. The van der Waals surface area contributed by atoms with Gasteiger partial charge in [-0.05, 0) is 52.9 Å². The highest BCUT2D eigenvalue weighted by atomic mass is 32.2. The fourth-order valence-corrected chi connectivity index (χ4v) is 4.42. The van der Waals surface area contributed by atoms with E-state index < -0.39 is 50.6 Å². The fraction of sp³-hybridized carbons (Fsp3) is 0.826. The third-order valence-electron chi connectivity index (χ3n) is 5.41. The number of amides is 1. The van der Waals surface area contributed by atoms with Crippen LogP contribution in [0.4, 0.5) is 0 Å². The van der Waals surface area contributed by atoms with Crippen molar-refractivity contribution in [1.82, 2.24) is 5.32 Å². The van der Waals surface area contributed by atoms with E-state index in [1.165, 1.54) is 20.8 Å². The zero-order valence-corrected chi connectivity index (χ0v) is 22.5. The summed E-state index contributed by atoms with van der Waals surface area (Å²) in [5, 5.41) is 2.69. The molecule has 0 bridgehead atoms. The molecule has 0 aromatic heterocycles. The van der Waals surface area contributed by atoms with E-state index in [0.29, 0.717) is 6.42 Å². The number of ketones is 1. The summed E-state index contributed by atoms with van der Waals surface area (Å²) in [6.07, 6.45) is 1.00. The first kappa shape index (κ1) is 32.0. The number of carbonyl (C=O) groups is 4. The zero-order valence-electron chi connectivity index (χ0n) is 21.6. The van der Waals surface area contributed by atoms with Crippen LogP contribution in [-0.4, -0.2) is 61.1 Å². The summed E-state index contributed by atoms with van der Waals surface area (Å²) < 4.78 is 41.9. The van der Waals surface area contributed by atoms with Crippen LogP contribution >= 0.6 is 0 Å². The third-order valence-corrected chi connectivity index (χ3v) is 6.50. The lowest BCUT2D eigenvalue weighted by Gasteiger charge is -2.35. The predicted molar refractivity (Wildman–Crippen MR) is 126 cm³/mol. The van der Waals surface area contributed by atoms with E-state index in [4.69, 9.17) is 9.47 Å². The van der Waals surface area contributed by atoms with Crippen LogP contribution in [0, 0.1) is 16.7 Å². The van der Waals surface area contributed by atoms with Gasteiger partial charge in [0.2, 0.25) is 5.91 Å². The molecule has 0 aliphatic heterocycles. The lowest BCUT2D eigenvalue weighted by molar-refractivity contribution is -0.160. The van der Waals surface area contributed by atoms with Gasteiger partial charge in [0.1, 0.15) is 25.4 Å². The molecule has 0 aromatic rings. The van der Waals surface area contributed by atoms with Gasteiger partial charge in [-0.1, -0.05) is 27.2 Å². The number of nitrogens with one attached hydrogen (secondary N) is 1. The molecule has 11 heteroatoms. The zero-order chi connectivity index (χ0) is 27.0. The number of Topliss-reactive ketones (excluding diaryl/α,β-unsaturated/α-hetero) is 1. The third kappa shape index (κ3) is 13.6. The summed E-state index contributed by atoms with van der Waals surface area (Å²) in [5.41, 5.74) is -2.50. The van der Waals surface area contributed by atoms with Gasteiger partial charge >= 0.3 is 11.9 Å². The molecule has 198 valence electrons. The van der Waals surface area contributed by atoms with Crippen LogP contribution in [0.15, 0.2) is 0 Å². The number of hydrogen-bond acceptors (Lipinski definition) is 8. The van der Waals surface area contributed by atoms with Gasteiger partial charge in [0.05, 0.1) is 16.7 Å². The van der Waals surface area contributed by atoms with Crippen molar-refractivity contribution in [2.45, 2.75) is 86.6 Å². The number of hydrogen-bond donors (Lipinski definition) is 2. The summed E-state index contributed by atoms with van der Waals surface area (Å²) in [5.74, 6) is -3.32. The Morgan fingerprint density at radius 2 is 1.47 bits per heavy atom. The molecule has 1 amide bonds. The summed E-state index contributed by atoms with van der Waals surface area (Å²) in [6, 6.07) is 0. The van der Waals surface area contributed by atoms with Crippen LogP contribution in [-0.2, 0) is 38.8 Å². The first-order valence-electron chi connectivity index (χ1n) is 11.3. The minimum absolute atomic E-state index is 0.132. The highest BCUT2D eigenvalue weighted by Gasteiger charge is 2.39. The van der Waals surface area contributed by atoms with Gasteiger partial charge in [0, 0.05) is 5.92 Å². The molecule has 0 radical (unpaired) electrons. The molecule has 0 saturated heterocycles. The maximum Gasteiger partial charge on any atom is 0.313 e. The van der Waals surface area contributed by atoms with Crippen molar-refractivity contribution in [2.75, 3.05) is 19.0 Å². The number of carbonyl (C=O) groups excluding carboxylic acids is 4. The first-order chi connectivity index (χ1) is 15.2. The Balaban J connectivity index is 5.30. The molecule has 0 fully saturated rings. The molecular formula is C23H41NO9S. The maximum atomic E-state index is 13.1. The SMILES string of the molecule is CCC(C)(C)CC(CC(C)(C)C(=O)OCCOC(=O)CC(C)=O)C(=O)NC(C)(C)CS(=O)(=O)O. The highest BCUT2D eigenvalue weighted by Crippen LogP contribution is 2.36. The van der Waals surface area contributed by atoms with E-state index in [2.05, 4.69) is 5.32 Å². The van der Waals surface area contributed by atoms with Gasteiger partial charge in [-0.25, -0.2) is 0 Å². The molecule has 0 heterocycles. The van der Waals surface area contributed by atoms with Crippen LogP contribution in [0.5, 0.6) is 0 Å².